The quantitative estimate of drug-likeness (QED) is 0.756. The first-order chi connectivity index (χ1) is 6.76. The lowest BCUT2D eigenvalue weighted by molar-refractivity contribution is 0.0481. The number of aliphatic hydroxyl groups is 1. The molecule has 2 N–H and O–H groups in total. The van der Waals surface area contributed by atoms with Gasteiger partial charge in [0.05, 0.1) is 0 Å². The van der Waals surface area contributed by atoms with Gasteiger partial charge in [0.15, 0.2) is 0 Å². The Morgan fingerprint density at radius 1 is 1.40 bits per heavy atom. The lowest BCUT2D eigenvalue weighted by Crippen LogP contribution is -2.42. The fourth-order valence-corrected chi connectivity index (χ4v) is 1.17. The Bertz CT molecular complexity index is 196. The third-order valence-corrected chi connectivity index (χ3v) is 1.95. The predicted molar refractivity (Wildman–Crippen MR) is 59.7 cm³/mol. The number of carbonyl (C=O) groups is 1. The van der Waals surface area contributed by atoms with Crippen LogP contribution in [0.3, 0.4) is 0 Å². The van der Waals surface area contributed by atoms with Crippen LogP contribution in [0.5, 0.6) is 0 Å². The van der Waals surface area contributed by atoms with Crippen molar-refractivity contribution < 1.29 is 14.6 Å². The molecule has 0 fully saturated rings. The van der Waals surface area contributed by atoms with E-state index >= 15 is 0 Å². The first-order valence-electron chi connectivity index (χ1n) is 5.36. The molecule has 1 atom stereocenters. The molecule has 0 saturated carbocycles. The fraction of sp³-hybridized carbons (Fsp3) is 0.909. The van der Waals surface area contributed by atoms with Crippen LogP contribution in [-0.2, 0) is 4.74 Å². The van der Waals surface area contributed by atoms with Crippen molar-refractivity contribution in [3.8, 4) is 0 Å². The number of rotatable bonds is 4. The average Bonchev–Trinajstić information content (AvgIpc) is 1.99. The van der Waals surface area contributed by atoms with E-state index in [4.69, 9.17) is 9.84 Å². The lowest BCUT2D eigenvalue weighted by atomic mass is 10.0. The van der Waals surface area contributed by atoms with Crippen molar-refractivity contribution in [3.63, 3.8) is 0 Å². The van der Waals surface area contributed by atoms with E-state index in [-0.39, 0.29) is 18.6 Å². The first kappa shape index (κ1) is 14.2. The maximum Gasteiger partial charge on any atom is 0.407 e. The van der Waals surface area contributed by atoms with E-state index < -0.39 is 11.7 Å². The van der Waals surface area contributed by atoms with Gasteiger partial charge in [0.25, 0.3) is 0 Å². The number of ether oxygens (including phenoxy) is 1. The van der Waals surface area contributed by atoms with E-state index in [2.05, 4.69) is 5.32 Å². The highest BCUT2D eigenvalue weighted by Crippen LogP contribution is 2.10. The minimum Gasteiger partial charge on any atom is -0.444 e. The predicted octanol–water partition coefficient (Wildman–Crippen LogP) is 1.92. The van der Waals surface area contributed by atoms with Gasteiger partial charge >= 0.3 is 6.09 Å². The molecule has 0 aliphatic heterocycles. The van der Waals surface area contributed by atoms with Crippen molar-refractivity contribution in [1.29, 1.82) is 0 Å². The molecule has 1 amide bonds. The van der Waals surface area contributed by atoms with Crippen LogP contribution in [0.15, 0.2) is 0 Å². The molecule has 0 aromatic heterocycles. The Labute approximate surface area is 92.0 Å². The molecule has 0 rings (SSSR count). The van der Waals surface area contributed by atoms with Crippen LogP contribution in [0.25, 0.3) is 0 Å². The van der Waals surface area contributed by atoms with Gasteiger partial charge in [-0.15, -0.1) is 0 Å². The standard InChI is InChI=1S/C11H23NO3/c1-8(2)9(6-7-13)12-10(14)15-11(3,4)5/h8-9,13H,6-7H2,1-5H3,(H,12,14)/t9-/m1/s1. The van der Waals surface area contributed by atoms with Crippen LogP contribution in [0.1, 0.15) is 41.0 Å². The Kier molecular flexibility index (Phi) is 5.65. The number of aliphatic hydroxyl groups excluding tert-OH is 1. The van der Waals surface area contributed by atoms with Crippen LogP contribution in [0, 0.1) is 5.92 Å². The number of hydrogen-bond donors (Lipinski definition) is 2. The van der Waals surface area contributed by atoms with Crippen molar-refractivity contribution in [2.24, 2.45) is 5.92 Å². The smallest absolute Gasteiger partial charge is 0.407 e. The molecule has 90 valence electrons. The Morgan fingerprint density at radius 2 is 1.93 bits per heavy atom. The van der Waals surface area contributed by atoms with Gasteiger partial charge in [-0.1, -0.05) is 13.8 Å². The molecular weight excluding hydrogens is 194 g/mol. The maximum absolute atomic E-state index is 11.4. The van der Waals surface area contributed by atoms with Gasteiger partial charge in [0, 0.05) is 12.6 Å². The first-order valence-corrected chi connectivity index (χ1v) is 5.36. The molecule has 0 unspecified atom stereocenters. The summed E-state index contributed by atoms with van der Waals surface area (Å²) in [5.74, 6) is 0.282. The largest absolute Gasteiger partial charge is 0.444 e. The van der Waals surface area contributed by atoms with E-state index in [0.717, 1.165) is 0 Å². The Balaban J connectivity index is 4.11. The minimum atomic E-state index is -0.481. The molecule has 4 nitrogen and oxygen atoms in total. The summed E-state index contributed by atoms with van der Waals surface area (Å²) in [6.45, 7) is 9.53. The third kappa shape index (κ3) is 7.19. The summed E-state index contributed by atoms with van der Waals surface area (Å²) >= 11 is 0. The van der Waals surface area contributed by atoms with Crippen molar-refractivity contribution in [2.45, 2.75) is 52.7 Å². The molecule has 15 heavy (non-hydrogen) atoms. The molecule has 0 heterocycles. The topological polar surface area (TPSA) is 58.6 Å². The van der Waals surface area contributed by atoms with E-state index in [1.807, 2.05) is 34.6 Å². The summed E-state index contributed by atoms with van der Waals surface area (Å²) in [6, 6.07) is -0.0372. The fourth-order valence-electron chi connectivity index (χ4n) is 1.17. The van der Waals surface area contributed by atoms with Crippen LogP contribution in [0.2, 0.25) is 0 Å². The second-order valence-corrected chi connectivity index (χ2v) is 5.01. The monoisotopic (exact) mass is 217 g/mol. The van der Waals surface area contributed by atoms with Gasteiger partial charge in [0.1, 0.15) is 5.60 Å². The summed E-state index contributed by atoms with van der Waals surface area (Å²) < 4.78 is 5.13. The minimum absolute atomic E-state index is 0.0372. The Hall–Kier alpha value is -0.770. The highest BCUT2D eigenvalue weighted by atomic mass is 16.6. The number of alkyl carbamates (subject to hydrolysis) is 1. The molecule has 0 aliphatic rings. The summed E-state index contributed by atoms with van der Waals surface area (Å²) in [6.07, 6.45) is 0.131. The van der Waals surface area contributed by atoms with Crippen molar-refractivity contribution in [3.05, 3.63) is 0 Å². The summed E-state index contributed by atoms with van der Waals surface area (Å²) in [5, 5.41) is 11.6. The van der Waals surface area contributed by atoms with E-state index in [1.165, 1.54) is 0 Å². The highest BCUT2D eigenvalue weighted by Gasteiger charge is 2.20. The van der Waals surface area contributed by atoms with Crippen molar-refractivity contribution in [2.75, 3.05) is 6.61 Å². The zero-order valence-electron chi connectivity index (χ0n) is 10.3. The van der Waals surface area contributed by atoms with Gasteiger partial charge in [-0.2, -0.15) is 0 Å². The third-order valence-electron chi connectivity index (χ3n) is 1.95. The summed E-state index contributed by atoms with van der Waals surface area (Å²) in [4.78, 5) is 11.4. The van der Waals surface area contributed by atoms with Crippen molar-refractivity contribution in [1.82, 2.24) is 5.32 Å². The highest BCUT2D eigenvalue weighted by molar-refractivity contribution is 5.68. The van der Waals surface area contributed by atoms with Crippen molar-refractivity contribution >= 4 is 6.09 Å². The molecule has 0 radical (unpaired) electrons. The molecule has 0 saturated heterocycles. The van der Waals surface area contributed by atoms with E-state index in [0.29, 0.717) is 6.42 Å². The lowest BCUT2D eigenvalue weighted by Gasteiger charge is -2.25. The van der Waals surface area contributed by atoms with Crippen LogP contribution >= 0.6 is 0 Å². The number of hydrogen-bond acceptors (Lipinski definition) is 3. The molecule has 0 aromatic rings. The number of carbonyl (C=O) groups excluding carboxylic acids is 1. The maximum atomic E-state index is 11.4. The zero-order chi connectivity index (χ0) is 12.1. The normalized spacial score (nSPS) is 13.8. The van der Waals surface area contributed by atoms with E-state index in [1.54, 1.807) is 0 Å². The molecule has 0 aromatic carbocycles. The SMILES string of the molecule is CC(C)[C@@H](CCO)NC(=O)OC(C)(C)C. The van der Waals surface area contributed by atoms with Crippen LogP contribution in [0.4, 0.5) is 4.79 Å². The van der Waals surface area contributed by atoms with Gasteiger partial charge in [-0.25, -0.2) is 4.79 Å². The summed E-state index contributed by atoms with van der Waals surface area (Å²) in [7, 11) is 0. The van der Waals surface area contributed by atoms with Gasteiger partial charge in [-0.3, -0.25) is 0 Å². The molecular formula is C11H23NO3. The molecule has 4 heteroatoms. The molecule has 0 spiro atoms. The zero-order valence-corrected chi connectivity index (χ0v) is 10.3. The van der Waals surface area contributed by atoms with Crippen LogP contribution in [-0.4, -0.2) is 29.4 Å². The van der Waals surface area contributed by atoms with E-state index in [9.17, 15) is 4.79 Å². The number of nitrogens with one attached hydrogen (secondary N) is 1. The van der Waals surface area contributed by atoms with Crippen LogP contribution < -0.4 is 5.32 Å². The van der Waals surface area contributed by atoms with Gasteiger partial charge in [-0.05, 0) is 33.1 Å². The second kappa shape index (κ2) is 5.95. The van der Waals surface area contributed by atoms with Gasteiger partial charge < -0.3 is 15.2 Å². The Morgan fingerprint density at radius 3 is 2.27 bits per heavy atom. The molecule has 0 aliphatic carbocycles. The van der Waals surface area contributed by atoms with Gasteiger partial charge in [0.2, 0.25) is 0 Å². The second-order valence-electron chi connectivity index (χ2n) is 5.01. The number of amides is 1. The average molecular weight is 217 g/mol. The molecule has 0 bridgehead atoms. The summed E-state index contributed by atoms with van der Waals surface area (Å²) in [5.41, 5.74) is -0.481.